The summed E-state index contributed by atoms with van der Waals surface area (Å²) in [7, 11) is 0. The van der Waals surface area contributed by atoms with Crippen LogP contribution in [0.4, 0.5) is 5.69 Å². The number of hydrogen-bond acceptors (Lipinski definition) is 3. The van der Waals surface area contributed by atoms with Gasteiger partial charge in [0.2, 0.25) is 11.8 Å². The molecule has 5 heteroatoms. The van der Waals surface area contributed by atoms with E-state index in [9.17, 15) is 9.59 Å². The summed E-state index contributed by atoms with van der Waals surface area (Å²) in [6, 6.07) is 6.07. The van der Waals surface area contributed by atoms with Gasteiger partial charge < -0.3 is 11.1 Å². The molecule has 1 aromatic carbocycles. The van der Waals surface area contributed by atoms with Gasteiger partial charge in [-0.25, -0.2) is 0 Å². The highest BCUT2D eigenvalue weighted by atomic mass is 16.2. The Kier molecular flexibility index (Phi) is 5.77. The number of likely N-dealkylation sites (tertiary alicyclic amines) is 1. The van der Waals surface area contributed by atoms with E-state index in [1.807, 2.05) is 24.0 Å². The maximum atomic E-state index is 12.4. The van der Waals surface area contributed by atoms with Gasteiger partial charge in [0.15, 0.2) is 0 Å². The van der Waals surface area contributed by atoms with E-state index in [0.29, 0.717) is 19.0 Å². The van der Waals surface area contributed by atoms with Crippen LogP contribution >= 0.6 is 0 Å². The van der Waals surface area contributed by atoms with Crippen LogP contribution in [-0.2, 0) is 9.59 Å². The monoisotopic (exact) mass is 317 g/mol. The highest BCUT2D eigenvalue weighted by molar-refractivity contribution is 5.94. The van der Waals surface area contributed by atoms with Crippen molar-refractivity contribution in [3.8, 4) is 0 Å². The highest BCUT2D eigenvalue weighted by Gasteiger charge is 2.25. The zero-order valence-electron chi connectivity index (χ0n) is 14.3. The summed E-state index contributed by atoms with van der Waals surface area (Å²) in [6.07, 6.45) is 1.73. The van der Waals surface area contributed by atoms with Crippen molar-refractivity contribution in [2.45, 2.75) is 39.5 Å². The minimum absolute atomic E-state index is 0.0358. The number of nitrogens with zero attached hydrogens (tertiary/aromatic N) is 1. The Morgan fingerprint density at radius 3 is 2.78 bits per heavy atom. The van der Waals surface area contributed by atoms with Crippen molar-refractivity contribution in [3.05, 3.63) is 29.3 Å². The van der Waals surface area contributed by atoms with E-state index in [1.54, 1.807) is 0 Å². The lowest BCUT2D eigenvalue weighted by Crippen LogP contribution is -2.44. The summed E-state index contributed by atoms with van der Waals surface area (Å²) < 4.78 is 0. The van der Waals surface area contributed by atoms with Crippen molar-refractivity contribution >= 4 is 17.5 Å². The van der Waals surface area contributed by atoms with Crippen LogP contribution in [0.2, 0.25) is 0 Å². The fraction of sp³-hybridized carbons (Fsp3) is 0.556. The van der Waals surface area contributed by atoms with Crippen molar-refractivity contribution in [2.75, 3.05) is 25.0 Å². The van der Waals surface area contributed by atoms with Gasteiger partial charge in [-0.1, -0.05) is 32.0 Å². The molecule has 1 aromatic rings. The zero-order valence-corrected chi connectivity index (χ0v) is 14.3. The van der Waals surface area contributed by atoms with Gasteiger partial charge in [-0.15, -0.1) is 0 Å². The number of carbonyl (C=O) groups excluding carboxylic acids is 2. The van der Waals surface area contributed by atoms with E-state index in [1.165, 1.54) is 0 Å². The molecule has 3 N–H and O–H groups in total. The third-order valence-corrected chi connectivity index (χ3v) is 4.47. The number of carbonyl (C=O) groups is 2. The van der Waals surface area contributed by atoms with Gasteiger partial charge in [0.05, 0.1) is 12.5 Å². The molecular formula is C18H27N3O2. The second-order valence-electron chi connectivity index (χ2n) is 6.72. The van der Waals surface area contributed by atoms with Crippen LogP contribution in [0, 0.1) is 12.8 Å². The molecule has 0 aliphatic carbocycles. The number of anilines is 1. The predicted octanol–water partition coefficient (Wildman–Crippen LogP) is 2.25. The number of aryl methyl sites for hydroxylation is 1. The molecule has 0 aromatic heterocycles. The van der Waals surface area contributed by atoms with Crippen LogP contribution in [0.3, 0.4) is 0 Å². The average molecular weight is 317 g/mol. The number of amides is 2. The van der Waals surface area contributed by atoms with Crippen molar-refractivity contribution in [2.24, 2.45) is 11.7 Å². The van der Waals surface area contributed by atoms with Crippen LogP contribution in [0.1, 0.15) is 43.7 Å². The molecule has 0 spiro atoms. The third-order valence-electron chi connectivity index (χ3n) is 4.47. The molecular weight excluding hydrogens is 290 g/mol. The number of primary amides is 1. The highest BCUT2D eigenvalue weighted by Crippen LogP contribution is 2.27. The lowest BCUT2D eigenvalue weighted by atomic mass is 9.97. The standard InChI is InChI=1S/C18H27N3O2/c1-12(2)15-8-4-6-13(3)17(15)20-16(22)11-21-9-5-7-14(10-21)18(19)23/h4,6,8,12,14H,5,7,9-11H2,1-3H3,(H2,19,23)(H,20,22)/t14-/m0/s1. The fourth-order valence-electron chi connectivity index (χ4n) is 3.16. The van der Waals surface area contributed by atoms with E-state index in [0.717, 1.165) is 36.2 Å². The second-order valence-corrected chi connectivity index (χ2v) is 6.72. The SMILES string of the molecule is Cc1cccc(C(C)C)c1NC(=O)CN1CCC[C@H](C(N)=O)C1. The Bertz CT molecular complexity index is 584. The molecule has 2 rings (SSSR count). The largest absolute Gasteiger partial charge is 0.369 e. The Labute approximate surface area is 138 Å². The summed E-state index contributed by atoms with van der Waals surface area (Å²) in [6.45, 7) is 7.95. The molecule has 0 unspecified atom stereocenters. The van der Waals surface area contributed by atoms with Crippen LogP contribution in [0.5, 0.6) is 0 Å². The molecule has 1 heterocycles. The lowest BCUT2D eigenvalue weighted by Gasteiger charge is -2.30. The van der Waals surface area contributed by atoms with Crippen LogP contribution in [0.15, 0.2) is 18.2 Å². The molecule has 23 heavy (non-hydrogen) atoms. The zero-order chi connectivity index (χ0) is 17.0. The Morgan fingerprint density at radius 1 is 1.39 bits per heavy atom. The molecule has 1 atom stereocenters. The quantitative estimate of drug-likeness (QED) is 0.874. The first kappa shape index (κ1) is 17.5. The first-order valence-corrected chi connectivity index (χ1v) is 8.29. The summed E-state index contributed by atoms with van der Waals surface area (Å²) in [4.78, 5) is 25.8. The van der Waals surface area contributed by atoms with Crippen molar-refractivity contribution < 1.29 is 9.59 Å². The van der Waals surface area contributed by atoms with Crippen molar-refractivity contribution in [1.29, 1.82) is 0 Å². The van der Waals surface area contributed by atoms with Crippen LogP contribution in [0.25, 0.3) is 0 Å². The smallest absolute Gasteiger partial charge is 0.238 e. The maximum Gasteiger partial charge on any atom is 0.238 e. The van der Waals surface area contributed by atoms with Gasteiger partial charge in [0.25, 0.3) is 0 Å². The van der Waals surface area contributed by atoms with Gasteiger partial charge in [-0.3, -0.25) is 14.5 Å². The minimum Gasteiger partial charge on any atom is -0.369 e. The summed E-state index contributed by atoms with van der Waals surface area (Å²) in [5.41, 5.74) is 8.52. The third kappa shape index (κ3) is 4.55. The Balaban J connectivity index is 2.01. The van der Waals surface area contributed by atoms with Gasteiger partial charge in [-0.2, -0.15) is 0 Å². The normalized spacial score (nSPS) is 18.9. The van der Waals surface area contributed by atoms with E-state index in [-0.39, 0.29) is 17.7 Å². The molecule has 1 aliphatic heterocycles. The predicted molar refractivity (Wildman–Crippen MR) is 92.3 cm³/mol. The van der Waals surface area contributed by atoms with E-state index in [4.69, 9.17) is 5.73 Å². The number of rotatable bonds is 5. The summed E-state index contributed by atoms with van der Waals surface area (Å²) in [5, 5.41) is 3.05. The van der Waals surface area contributed by atoms with Crippen LogP contribution in [-0.4, -0.2) is 36.3 Å². The average Bonchev–Trinajstić information content (AvgIpc) is 2.49. The molecule has 5 nitrogen and oxygen atoms in total. The lowest BCUT2D eigenvalue weighted by molar-refractivity contribution is -0.125. The van der Waals surface area contributed by atoms with Crippen molar-refractivity contribution in [1.82, 2.24) is 4.90 Å². The number of hydrogen-bond donors (Lipinski definition) is 2. The first-order valence-electron chi connectivity index (χ1n) is 8.29. The number of para-hydroxylation sites is 1. The molecule has 0 saturated carbocycles. The molecule has 1 aliphatic rings. The maximum absolute atomic E-state index is 12.4. The Morgan fingerprint density at radius 2 is 2.13 bits per heavy atom. The van der Waals surface area contributed by atoms with Gasteiger partial charge in [0.1, 0.15) is 0 Å². The Hall–Kier alpha value is -1.88. The van der Waals surface area contributed by atoms with Gasteiger partial charge in [-0.05, 0) is 43.4 Å². The van der Waals surface area contributed by atoms with E-state index in [2.05, 4.69) is 25.2 Å². The summed E-state index contributed by atoms with van der Waals surface area (Å²) in [5.74, 6) is -0.0944. The molecule has 0 radical (unpaired) electrons. The number of benzene rings is 1. The molecule has 1 saturated heterocycles. The first-order chi connectivity index (χ1) is 10.9. The minimum atomic E-state index is -0.267. The summed E-state index contributed by atoms with van der Waals surface area (Å²) >= 11 is 0. The molecule has 2 amide bonds. The van der Waals surface area contributed by atoms with Crippen molar-refractivity contribution in [3.63, 3.8) is 0 Å². The molecule has 0 bridgehead atoms. The number of nitrogens with one attached hydrogen (secondary N) is 1. The number of piperidine rings is 1. The molecule has 1 fully saturated rings. The van der Waals surface area contributed by atoms with Crippen LogP contribution < -0.4 is 11.1 Å². The fourth-order valence-corrected chi connectivity index (χ4v) is 3.16. The van der Waals surface area contributed by atoms with Gasteiger partial charge >= 0.3 is 0 Å². The molecule has 126 valence electrons. The topological polar surface area (TPSA) is 75.4 Å². The van der Waals surface area contributed by atoms with E-state index >= 15 is 0 Å². The second kappa shape index (κ2) is 7.59. The van der Waals surface area contributed by atoms with E-state index < -0.39 is 0 Å². The van der Waals surface area contributed by atoms with Gasteiger partial charge in [0, 0.05) is 12.2 Å². The number of nitrogens with two attached hydrogens (primary N) is 1.